The van der Waals surface area contributed by atoms with Crippen LogP contribution in [0.5, 0.6) is 0 Å². The van der Waals surface area contributed by atoms with E-state index < -0.39 is 0 Å². The summed E-state index contributed by atoms with van der Waals surface area (Å²) in [5, 5.41) is 3.01. The van der Waals surface area contributed by atoms with Gasteiger partial charge in [-0.25, -0.2) is 0 Å². The van der Waals surface area contributed by atoms with E-state index in [4.69, 9.17) is 0 Å². The smallest absolute Gasteiger partial charge is 0.250 e. The highest BCUT2D eigenvalue weighted by molar-refractivity contribution is 5.95. The Morgan fingerprint density at radius 1 is 1.18 bits per heavy atom. The van der Waals surface area contributed by atoms with Gasteiger partial charge in [-0.3, -0.25) is 14.6 Å². The largest absolute Gasteiger partial charge is 0.367 e. The molecule has 2 amide bonds. The number of rotatable bonds is 7. The predicted molar refractivity (Wildman–Crippen MR) is 155 cm³/mol. The lowest BCUT2D eigenvalue weighted by molar-refractivity contribution is -0.126. The number of carbonyl (C=O) groups excluding carboxylic acids is 2. The monoisotopic (exact) mass is 512 g/mol. The second kappa shape index (κ2) is 11.0. The van der Waals surface area contributed by atoms with Crippen molar-refractivity contribution >= 4 is 17.5 Å². The second-order valence-electron chi connectivity index (χ2n) is 11.7. The molecular weight excluding hydrogens is 472 g/mol. The van der Waals surface area contributed by atoms with Crippen LogP contribution in [-0.4, -0.2) is 47.4 Å². The number of carbonyl (C=O) groups is 2. The van der Waals surface area contributed by atoms with Crippen LogP contribution in [0.15, 0.2) is 73.1 Å². The van der Waals surface area contributed by atoms with Crippen molar-refractivity contribution in [3.63, 3.8) is 0 Å². The molecule has 1 N–H and O–H groups in total. The minimum Gasteiger partial charge on any atom is -0.367 e. The van der Waals surface area contributed by atoms with E-state index >= 15 is 0 Å². The number of anilines is 1. The number of likely N-dealkylation sites (tertiary alicyclic amines) is 1. The van der Waals surface area contributed by atoms with Crippen LogP contribution in [0.1, 0.15) is 45.2 Å². The summed E-state index contributed by atoms with van der Waals surface area (Å²) in [5.74, 6) is 0.320. The van der Waals surface area contributed by atoms with E-state index in [0.29, 0.717) is 18.0 Å². The summed E-state index contributed by atoms with van der Waals surface area (Å²) in [6.45, 7) is 21.0. The number of hydrogen-bond acceptors (Lipinski definition) is 4. The molecule has 2 aliphatic rings. The molecule has 38 heavy (non-hydrogen) atoms. The molecular formula is C32H40N4O2. The van der Waals surface area contributed by atoms with E-state index in [1.165, 1.54) is 6.08 Å². The Labute approximate surface area is 227 Å². The van der Waals surface area contributed by atoms with Gasteiger partial charge in [0.05, 0.1) is 11.9 Å². The molecule has 2 unspecified atom stereocenters. The summed E-state index contributed by atoms with van der Waals surface area (Å²) in [7, 11) is 0. The summed E-state index contributed by atoms with van der Waals surface area (Å²) >= 11 is 0. The Balaban J connectivity index is 1.48. The van der Waals surface area contributed by atoms with Crippen LogP contribution in [-0.2, 0) is 16.1 Å². The van der Waals surface area contributed by atoms with E-state index in [1.807, 2.05) is 30.3 Å². The molecule has 200 valence electrons. The average molecular weight is 513 g/mol. The van der Waals surface area contributed by atoms with Gasteiger partial charge < -0.3 is 15.1 Å². The number of pyridine rings is 1. The fourth-order valence-electron chi connectivity index (χ4n) is 5.32. The highest BCUT2D eigenvalue weighted by Crippen LogP contribution is 2.37. The summed E-state index contributed by atoms with van der Waals surface area (Å²) in [4.78, 5) is 33.7. The SMILES string of the molecule is C=CC(=O)N1CC2CC1CN(c1cnccc1-c1ccc(CNC(=O)C(=C)/C=C(\C)C(C)(C)C)c(C)c1)C2. The molecule has 6 nitrogen and oxygen atoms in total. The van der Waals surface area contributed by atoms with Gasteiger partial charge in [0, 0.05) is 49.6 Å². The van der Waals surface area contributed by atoms with Crippen LogP contribution < -0.4 is 10.2 Å². The molecule has 0 spiro atoms. The Morgan fingerprint density at radius 2 is 1.95 bits per heavy atom. The van der Waals surface area contributed by atoms with Crippen molar-refractivity contribution < 1.29 is 9.59 Å². The highest BCUT2D eigenvalue weighted by atomic mass is 16.2. The number of piperidine rings is 1. The molecule has 4 rings (SSSR count). The first-order valence-electron chi connectivity index (χ1n) is 13.4. The van der Waals surface area contributed by atoms with Crippen molar-refractivity contribution in [1.82, 2.24) is 15.2 Å². The number of fused-ring (bicyclic) bond motifs is 2. The lowest BCUT2D eigenvalue weighted by Gasteiger charge is -2.35. The Morgan fingerprint density at radius 3 is 2.63 bits per heavy atom. The normalized spacial score (nSPS) is 19.3. The number of aryl methyl sites for hydroxylation is 1. The fraction of sp³-hybridized carbons (Fsp3) is 0.406. The minimum atomic E-state index is -0.155. The van der Waals surface area contributed by atoms with E-state index in [2.05, 4.69) is 80.3 Å². The zero-order chi connectivity index (χ0) is 27.6. The molecule has 1 aromatic carbocycles. The summed E-state index contributed by atoms with van der Waals surface area (Å²) in [6, 6.07) is 8.63. The standard InChI is InChI=1S/C32H40N4O2/c1-8-30(37)36-19-24-15-27(36)20-35(18-24)29-17-33-12-11-28(29)25-9-10-26(21(2)14-25)16-34-31(38)22(3)13-23(4)32(5,6)7/h8-14,17,24,27H,1,3,15-16,18-20H2,2,4-7H3,(H,34,38)/b23-13+. The first-order valence-corrected chi connectivity index (χ1v) is 13.4. The molecule has 2 fully saturated rings. The van der Waals surface area contributed by atoms with Gasteiger partial charge in [-0.15, -0.1) is 0 Å². The van der Waals surface area contributed by atoms with E-state index in [0.717, 1.165) is 59.6 Å². The van der Waals surface area contributed by atoms with Crippen molar-refractivity contribution in [2.45, 2.75) is 53.6 Å². The third kappa shape index (κ3) is 5.90. The van der Waals surface area contributed by atoms with Crippen molar-refractivity contribution in [2.75, 3.05) is 24.5 Å². The lowest BCUT2D eigenvalue weighted by atomic mass is 9.86. The first kappa shape index (κ1) is 27.4. The first-order chi connectivity index (χ1) is 18.0. The lowest BCUT2D eigenvalue weighted by Crippen LogP contribution is -2.44. The molecule has 2 atom stereocenters. The van der Waals surface area contributed by atoms with Crippen LogP contribution in [0, 0.1) is 18.3 Å². The topological polar surface area (TPSA) is 65.5 Å². The van der Waals surface area contributed by atoms with E-state index in [-0.39, 0.29) is 23.3 Å². The molecule has 2 saturated heterocycles. The molecule has 0 saturated carbocycles. The zero-order valence-electron chi connectivity index (χ0n) is 23.4. The van der Waals surface area contributed by atoms with Crippen LogP contribution in [0.3, 0.4) is 0 Å². The van der Waals surface area contributed by atoms with Gasteiger partial charge in [-0.1, -0.05) is 63.8 Å². The molecule has 0 aliphatic carbocycles. The molecule has 0 radical (unpaired) electrons. The van der Waals surface area contributed by atoms with E-state index in [9.17, 15) is 9.59 Å². The van der Waals surface area contributed by atoms with Crippen LogP contribution >= 0.6 is 0 Å². The van der Waals surface area contributed by atoms with Crippen molar-refractivity contribution in [3.05, 3.63) is 84.2 Å². The summed E-state index contributed by atoms with van der Waals surface area (Å²) in [6.07, 6.45) is 8.10. The molecule has 3 heterocycles. The van der Waals surface area contributed by atoms with Gasteiger partial charge in [0.15, 0.2) is 0 Å². The van der Waals surface area contributed by atoms with Gasteiger partial charge in [-0.05, 0) is 60.4 Å². The third-order valence-electron chi connectivity index (χ3n) is 7.97. The highest BCUT2D eigenvalue weighted by Gasteiger charge is 2.40. The molecule has 2 bridgehead atoms. The number of amides is 2. The number of nitrogens with one attached hydrogen (secondary N) is 1. The molecule has 2 aromatic rings. The van der Waals surface area contributed by atoms with Gasteiger partial charge >= 0.3 is 0 Å². The summed E-state index contributed by atoms with van der Waals surface area (Å²) < 4.78 is 0. The van der Waals surface area contributed by atoms with Crippen LogP contribution in [0.2, 0.25) is 0 Å². The van der Waals surface area contributed by atoms with Gasteiger partial charge in [-0.2, -0.15) is 0 Å². The van der Waals surface area contributed by atoms with Crippen molar-refractivity contribution in [3.8, 4) is 11.1 Å². The maximum Gasteiger partial charge on any atom is 0.250 e. The number of benzene rings is 1. The van der Waals surface area contributed by atoms with Crippen molar-refractivity contribution in [1.29, 1.82) is 0 Å². The molecule has 2 aliphatic heterocycles. The third-order valence-corrected chi connectivity index (χ3v) is 7.97. The summed E-state index contributed by atoms with van der Waals surface area (Å²) in [5.41, 5.74) is 7.09. The van der Waals surface area contributed by atoms with Crippen molar-refractivity contribution in [2.24, 2.45) is 11.3 Å². The Kier molecular flexibility index (Phi) is 7.91. The van der Waals surface area contributed by atoms with E-state index in [1.54, 1.807) is 0 Å². The van der Waals surface area contributed by atoms with Gasteiger partial charge in [0.1, 0.15) is 0 Å². The van der Waals surface area contributed by atoms with Crippen LogP contribution in [0.4, 0.5) is 5.69 Å². The quantitative estimate of drug-likeness (QED) is 0.396. The van der Waals surface area contributed by atoms with Gasteiger partial charge in [0.25, 0.3) is 5.91 Å². The zero-order valence-corrected chi connectivity index (χ0v) is 23.4. The Bertz CT molecular complexity index is 1290. The molecule has 1 aromatic heterocycles. The second-order valence-corrected chi connectivity index (χ2v) is 11.7. The van der Waals surface area contributed by atoms with Gasteiger partial charge in [0.2, 0.25) is 5.91 Å². The minimum absolute atomic E-state index is 0.00236. The van der Waals surface area contributed by atoms with Crippen LogP contribution in [0.25, 0.3) is 11.1 Å². The fourth-order valence-corrected chi connectivity index (χ4v) is 5.32. The maximum atomic E-state index is 12.6. The average Bonchev–Trinajstić information content (AvgIpc) is 3.19. The number of aromatic nitrogens is 1. The number of nitrogens with zero attached hydrogens (tertiary/aromatic N) is 3. The Hall–Kier alpha value is -3.67. The molecule has 6 heteroatoms. The predicted octanol–water partition coefficient (Wildman–Crippen LogP) is 5.44. The maximum absolute atomic E-state index is 12.6. The number of hydrogen-bond donors (Lipinski definition) is 1. The number of allylic oxidation sites excluding steroid dienone is 1.